The summed E-state index contributed by atoms with van der Waals surface area (Å²) in [5, 5.41) is 2.91. The van der Waals surface area contributed by atoms with Crippen LogP contribution in [0.25, 0.3) is 0 Å². The van der Waals surface area contributed by atoms with Gasteiger partial charge in [0.25, 0.3) is 5.91 Å². The predicted octanol–water partition coefficient (Wildman–Crippen LogP) is 0.734. The van der Waals surface area contributed by atoms with E-state index in [1.54, 1.807) is 12.3 Å². The average molecular weight is 236 g/mol. The van der Waals surface area contributed by atoms with Crippen LogP contribution in [0.2, 0.25) is 0 Å². The normalized spacial score (nSPS) is 12.5. The van der Waals surface area contributed by atoms with E-state index in [0.29, 0.717) is 11.3 Å². The standard InChI is InChI=1S/C12H20N4O/c1-9(5-7-16(2)3)15-12(17)10-8-14-6-4-11(10)13/h4,6,8-9H,5,7H2,1-3H3,(H2,13,14)(H,15,17). The third kappa shape index (κ3) is 4.40. The highest BCUT2D eigenvalue weighted by Gasteiger charge is 2.12. The first-order valence-corrected chi connectivity index (χ1v) is 5.65. The first-order valence-electron chi connectivity index (χ1n) is 5.65. The fourth-order valence-electron chi connectivity index (χ4n) is 1.42. The topological polar surface area (TPSA) is 71.2 Å². The summed E-state index contributed by atoms with van der Waals surface area (Å²) >= 11 is 0. The maximum Gasteiger partial charge on any atom is 0.255 e. The summed E-state index contributed by atoms with van der Waals surface area (Å²) in [6.45, 7) is 2.91. The summed E-state index contributed by atoms with van der Waals surface area (Å²) in [7, 11) is 4.02. The third-order valence-corrected chi connectivity index (χ3v) is 2.49. The van der Waals surface area contributed by atoms with Gasteiger partial charge in [-0.05, 0) is 40.1 Å². The molecule has 0 fully saturated rings. The molecule has 17 heavy (non-hydrogen) atoms. The number of amides is 1. The van der Waals surface area contributed by atoms with Crippen molar-refractivity contribution < 1.29 is 4.79 Å². The molecule has 1 unspecified atom stereocenters. The molecule has 0 bridgehead atoms. The molecule has 1 atom stereocenters. The second kappa shape index (κ2) is 6.20. The highest BCUT2D eigenvalue weighted by molar-refractivity contribution is 5.98. The minimum atomic E-state index is -0.165. The number of carbonyl (C=O) groups excluding carboxylic acids is 1. The van der Waals surface area contributed by atoms with E-state index in [-0.39, 0.29) is 11.9 Å². The van der Waals surface area contributed by atoms with Crippen LogP contribution in [0.3, 0.4) is 0 Å². The first-order chi connectivity index (χ1) is 8.00. The number of hydrogen-bond acceptors (Lipinski definition) is 4. The van der Waals surface area contributed by atoms with Crippen LogP contribution in [0.5, 0.6) is 0 Å². The Morgan fingerprint density at radius 2 is 2.29 bits per heavy atom. The molecule has 5 nitrogen and oxygen atoms in total. The monoisotopic (exact) mass is 236 g/mol. The molecule has 0 radical (unpaired) electrons. The van der Waals surface area contributed by atoms with E-state index in [4.69, 9.17) is 5.73 Å². The number of nitrogen functional groups attached to an aromatic ring is 1. The highest BCUT2D eigenvalue weighted by atomic mass is 16.1. The van der Waals surface area contributed by atoms with Crippen LogP contribution in [-0.2, 0) is 0 Å². The maximum atomic E-state index is 11.9. The van der Waals surface area contributed by atoms with Crippen LogP contribution in [0.15, 0.2) is 18.5 Å². The molecule has 0 aliphatic heterocycles. The molecule has 0 aliphatic rings. The van der Waals surface area contributed by atoms with Crippen LogP contribution >= 0.6 is 0 Å². The third-order valence-electron chi connectivity index (χ3n) is 2.49. The quantitative estimate of drug-likeness (QED) is 0.790. The van der Waals surface area contributed by atoms with Gasteiger partial charge in [0.2, 0.25) is 0 Å². The Kier molecular flexibility index (Phi) is 4.90. The lowest BCUT2D eigenvalue weighted by Gasteiger charge is -2.17. The molecule has 1 amide bonds. The Labute approximate surface area is 102 Å². The summed E-state index contributed by atoms with van der Waals surface area (Å²) in [4.78, 5) is 17.9. The lowest BCUT2D eigenvalue weighted by atomic mass is 10.2. The van der Waals surface area contributed by atoms with Gasteiger partial charge in [-0.25, -0.2) is 0 Å². The lowest BCUT2D eigenvalue weighted by Crippen LogP contribution is -2.35. The van der Waals surface area contributed by atoms with Crippen LogP contribution in [0.1, 0.15) is 23.7 Å². The molecule has 0 spiro atoms. The second-order valence-electron chi connectivity index (χ2n) is 4.43. The van der Waals surface area contributed by atoms with Crippen molar-refractivity contribution in [3.63, 3.8) is 0 Å². The van der Waals surface area contributed by atoms with Crippen LogP contribution in [0.4, 0.5) is 5.69 Å². The molecule has 1 heterocycles. The lowest BCUT2D eigenvalue weighted by molar-refractivity contribution is 0.0937. The fourth-order valence-corrected chi connectivity index (χ4v) is 1.42. The number of hydrogen-bond donors (Lipinski definition) is 2. The Bertz CT molecular complexity index is 379. The van der Waals surface area contributed by atoms with Gasteiger partial charge in [-0.15, -0.1) is 0 Å². The minimum absolute atomic E-state index is 0.115. The van der Waals surface area contributed by atoms with Gasteiger partial charge in [-0.3, -0.25) is 9.78 Å². The van der Waals surface area contributed by atoms with E-state index in [1.165, 1.54) is 6.20 Å². The van der Waals surface area contributed by atoms with Gasteiger partial charge in [0.05, 0.1) is 5.56 Å². The molecule has 1 rings (SSSR count). The maximum absolute atomic E-state index is 11.9. The van der Waals surface area contributed by atoms with Gasteiger partial charge < -0.3 is 16.0 Å². The van der Waals surface area contributed by atoms with Crippen LogP contribution in [-0.4, -0.2) is 42.5 Å². The number of nitrogens with one attached hydrogen (secondary N) is 1. The number of carbonyl (C=O) groups is 1. The smallest absolute Gasteiger partial charge is 0.255 e. The zero-order chi connectivity index (χ0) is 12.8. The molecular weight excluding hydrogens is 216 g/mol. The Balaban J connectivity index is 2.52. The predicted molar refractivity (Wildman–Crippen MR) is 68.7 cm³/mol. The van der Waals surface area contributed by atoms with Crippen molar-refractivity contribution in [1.29, 1.82) is 0 Å². The average Bonchev–Trinajstić information content (AvgIpc) is 2.26. The van der Waals surface area contributed by atoms with Gasteiger partial charge in [0.15, 0.2) is 0 Å². The van der Waals surface area contributed by atoms with Crippen molar-refractivity contribution in [1.82, 2.24) is 15.2 Å². The van der Waals surface area contributed by atoms with E-state index in [2.05, 4.69) is 15.2 Å². The van der Waals surface area contributed by atoms with Crippen molar-refractivity contribution >= 4 is 11.6 Å². The Morgan fingerprint density at radius 3 is 2.88 bits per heavy atom. The first kappa shape index (κ1) is 13.4. The van der Waals surface area contributed by atoms with Crippen molar-refractivity contribution in [3.8, 4) is 0 Å². The Hall–Kier alpha value is -1.62. The molecule has 94 valence electrons. The molecule has 0 aromatic carbocycles. The van der Waals surface area contributed by atoms with E-state index in [1.807, 2.05) is 21.0 Å². The zero-order valence-electron chi connectivity index (χ0n) is 10.6. The van der Waals surface area contributed by atoms with Crippen molar-refractivity contribution in [2.75, 3.05) is 26.4 Å². The zero-order valence-corrected chi connectivity index (χ0v) is 10.6. The largest absolute Gasteiger partial charge is 0.398 e. The number of pyridine rings is 1. The molecule has 1 aromatic heterocycles. The molecule has 3 N–H and O–H groups in total. The fraction of sp³-hybridized carbons (Fsp3) is 0.500. The molecule has 0 aliphatic carbocycles. The van der Waals surface area contributed by atoms with Gasteiger partial charge in [0.1, 0.15) is 0 Å². The highest BCUT2D eigenvalue weighted by Crippen LogP contribution is 2.08. The summed E-state index contributed by atoms with van der Waals surface area (Å²) in [5.74, 6) is -0.165. The van der Waals surface area contributed by atoms with Crippen molar-refractivity contribution in [2.45, 2.75) is 19.4 Å². The van der Waals surface area contributed by atoms with Gasteiger partial charge in [-0.2, -0.15) is 0 Å². The molecule has 0 saturated heterocycles. The van der Waals surface area contributed by atoms with E-state index < -0.39 is 0 Å². The van der Waals surface area contributed by atoms with Crippen LogP contribution < -0.4 is 11.1 Å². The number of nitrogens with two attached hydrogens (primary N) is 1. The number of anilines is 1. The van der Waals surface area contributed by atoms with Crippen molar-refractivity contribution in [3.05, 3.63) is 24.0 Å². The van der Waals surface area contributed by atoms with E-state index >= 15 is 0 Å². The van der Waals surface area contributed by atoms with Crippen LogP contribution in [0, 0.1) is 0 Å². The SMILES string of the molecule is CC(CCN(C)C)NC(=O)c1cnccc1N. The summed E-state index contributed by atoms with van der Waals surface area (Å²) in [6.07, 6.45) is 3.96. The number of rotatable bonds is 5. The molecular formula is C12H20N4O. The van der Waals surface area contributed by atoms with E-state index in [9.17, 15) is 4.79 Å². The van der Waals surface area contributed by atoms with Crippen molar-refractivity contribution in [2.24, 2.45) is 0 Å². The minimum Gasteiger partial charge on any atom is -0.398 e. The van der Waals surface area contributed by atoms with Gasteiger partial charge in [0, 0.05) is 24.1 Å². The number of nitrogens with zero attached hydrogens (tertiary/aromatic N) is 2. The second-order valence-corrected chi connectivity index (χ2v) is 4.43. The molecule has 1 aromatic rings. The Morgan fingerprint density at radius 1 is 1.59 bits per heavy atom. The van der Waals surface area contributed by atoms with Gasteiger partial charge >= 0.3 is 0 Å². The summed E-state index contributed by atoms with van der Waals surface area (Å²) < 4.78 is 0. The molecule has 5 heteroatoms. The summed E-state index contributed by atoms with van der Waals surface area (Å²) in [5.41, 5.74) is 6.60. The summed E-state index contributed by atoms with van der Waals surface area (Å²) in [6, 6.07) is 1.74. The number of aromatic nitrogens is 1. The van der Waals surface area contributed by atoms with Gasteiger partial charge in [-0.1, -0.05) is 0 Å². The molecule has 0 saturated carbocycles. The van der Waals surface area contributed by atoms with E-state index in [0.717, 1.165) is 13.0 Å².